The van der Waals surface area contributed by atoms with Crippen molar-refractivity contribution >= 4 is 24.4 Å². The van der Waals surface area contributed by atoms with E-state index in [-0.39, 0.29) is 0 Å². The number of urea groups is 1. The summed E-state index contributed by atoms with van der Waals surface area (Å²) in [6, 6.07) is -0.656. The maximum absolute atomic E-state index is 10.00. The highest BCUT2D eigenvalue weighted by molar-refractivity contribution is 7.81. The maximum Gasteiger partial charge on any atom is 0.332 e. The van der Waals surface area contributed by atoms with E-state index in [1.54, 1.807) is 6.92 Å². The van der Waals surface area contributed by atoms with Crippen LogP contribution in [0.3, 0.4) is 0 Å². The molecule has 4 nitrogen and oxygen atoms in total. The Morgan fingerprint density at radius 1 is 1.89 bits per heavy atom. The summed E-state index contributed by atoms with van der Waals surface area (Å²) in [4.78, 5) is 10.00. The lowest BCUT2D eigenvalue weighted by atomic mass is 10.5. The monoisotopic (exact) mass is 147 g/mol. The zero-order valence-electron chi connectivity index (χ0n) is 5.09. The third kappa shape index (κ3) is 5.16. The minimum absolute atomic E-state index is 0.514. The standard InChI is InChI=1S/C4H9N3OS/c1-3(2-9)6-7-4(5)8/h9H,2H2,1H3,(H3,5,7,8). The number of hydrazone groups is 1. The smallest absolute Gasteiger partial charge is 0.332 e. The summed E-state index contributed by atoms with van der Waals surface area (Å²) in [6.45, 7) is 1.74. The van der Waals surface area contributed by atoms with Crippen LogP contribution in [0, 0.1) is 0 Å². The highest BCUT2D eigenvalue weighted by Gasteiger charge is 1.87. The number of rotatable bonds is 2. The number of nitrogens with one attached hydrogen (secondary N) is 1. The molecule has 0 aromatic rings. The van der Waals surface area contributed by atoms with Crippen LogP contribution in [0.2, 0.25) is 0 Å². The fourth-order valence-electron chi connectivity index (χ4n) is 0.186. The zero-order chi connectivity index (χ0) is 7.28. The summed E-state index contributed by atoms with van der Waals surface area (Å²) in [5, 5.41) is 3.56. The van der Waals surface area contributed by atoms with Gasteiger partial charge in [0.2, 0.25) is 0 Å². The molecule has 9 heavy (non-hydrogen) atoms. The largest absolute Gasteiger partial charge is 0.350 e. The second-order valence-electron chi connectivity index (χ2n) is 1.48. The molecule has 0 saturated heterocycles. The van der Waals surface area contributed by atoms with E-state index in [1.807, 2.05) is 0 Å². The van der Waals surface area contributed by atoms with Crippen LogP contribution in [-0.4, -0.2) is 17.5 Å². The first-order valence-electron chi connectivity index (χ1n) is 2.36. The van der Waals surface area contributed by atoms with Gasteiger partial charge in [0.05, 0.1) is 0 Å². The molecule has 0 aliphatic heterocycles. The summed E-state index contributed by atoms with van der Waals surface area (Å²) in [6.07, 6.45) is 0. The molecule has 0 aliphatic carbocycles. The quantitative estimate of drug-likeness (QED) is 0.286. The summed E-state index contributed by atoms with van der Waals surface area (Å²) in [5.41, 5.74) is 7.51. The highest BCUT2D eigenvalue weighted by atomic mass is 32.1. The molecule has 0 aromatic carbocycles. The van der Waals surface area contributed by atoms with E-state index < -0.39 is 6.03 Å². The summed E-state index contributed by atoms with van der Waals surface area (Å²) < 4.78 is 0. The molecule has 0 aliphatic rings. The van der Waals surface area contributed by atoms with Crippen LogP contribution < -0.4 is 11.2 Å². The second-order valence-corrected chi connectivity index (χ2v) is 1.80. The van der Waals surface area contributed by atoms with Crippen molar-refractivity contribution in [3.8, 4) is 0 Å². The van der Waals surface area contributed by atoms with E-state index in [1.165, 1.54) is 0 Å². The molecule has 3 N–H and O–H groups in total. The molecular weight excluding hydrogens is 138 g/mol. The molecule has 0 heterocycles. The summed E-state index contributed by atoms with van der Waals surface area (Å²) in [5.74, 6) is 0.514. The second kappa shape index (κ2) is 4.20. The number of hydrogen-bond donors (Lipinski definition) is 3. The van der Waals surface area contributed by atoms with Crippen LogP contribution in [0.4, 0.5) is 4.79 Å². The van der Waals surface area contributed by atoms with E-state index in [9.17, 15) is 4.79 Å². The van der Waals surface area contributed by atoms with E-state index in [4.69, 9.17) is 5.73 Å². The lowest BCUT2D eigenvalue weighted by Crippen LogP contribution is -2.25. The van der Waals surface area contributed by atoms with Gasteiger partial charge in [-0.15, -0.1) is 0 Å². The molecule has 0 spiro atoms. The third-order valence-electron chi connectivity index (χ3n) is 0.586. The molecule has 0 atom stereocenters. The predicted molar refractivity (Wildman–Crippen MR) is 39.7 cm³/mol. The lowest BCUT2D eigenvalue weighted by Gasteiger charge is -1.93. The molecule has 0 aromatic heterocycles. The van der Waals surface area contributed by atoms with Gasteiger partial charge in [-0.1, -0.05) is 0 Å². The van der Waals surface area contributed by atoms with Crippen LogP contribution >= 0.6 is 12.6 Å². The third-order valence-corrected chi connectivity index (χ3v) is 1.04. The normalized spacial score (nSPS) is 11.1. The van der Waals surface area contributed by atoms with Crippen molar-refractivity contribution in [3.05, 3.63) is 0 Å². The predicted octanol–water partition coefficient (Wildman–Crippen LogP) is -0.0396. The van der Waals surface area contributed by atoms with Crippen molar-refractivity contribution in [2.24, 2.45) is 10.8 Å². The number of primary amides is 1. The molecule has 0 unspecified atom stereocenters. The molecule has 0 bridgehead atoms. The Morgan fingerprint density at radius 3 is 2.78 bits per heavy atom. The fraction of sp³-hybridized carbons (Fsp3) is 0.500. The Balaban J connectivity index is 3.56. The number of hydrogen-bond acceptors (Lipinski definition) is 3. The van der Waals surface area contributed by atoms with Crippen LogP contribution in [0.25, 0.3) is 0 Å². The average molecular weight is 147 g/mol. The Hall–Kier alpha value is -0.710. The van der Waals surface area contributed by atoms with Crippen molar-refractivity contribution in [3.63, 3.8) is 0 Å². The van der Waals surface area contributed by atoms with Gasteiger partial charge in [-0.3, -0.25) is 0 Å². The highest BCUT2D eigenvalue weighted by Crippen LogP contribution is 1.77. The first kappa shape index (κ1) is 8.29. The van der Waals surface area contributed by atoms with Crippen molar-refractivity contribution in [1.82, 2.24) is 5.43 Å². The van der Waals surface area contributed by atoms with Gasteiger partial charge in [0, 0.05) is 11.5 Å². The summed E-state index contributed by atoms with van der Waals surface area (Å²) >= 11 is 3.90. The number of thiol groups is 1. The van der Waals surface area contributed by atoms with Gasteiger partial charge < -0.3 is 5.73 Å². The van der Waals surface area contributed by atoms with E-state index in [0.29, 0.717) is 5.75 Å². The van der Waals surface area contributed by atoms with E-state index >= 15 is 0 Å². The Morgan fingerprint density at radius 2 is 2.44 bits per heavy atom. The van der Waals surface area contributed by atoms with Crippen molar-refractivity contribution in [2.75, 3.05) is 5.75 Å². The van der Waals surface area contributed by atoms with Gasteiger partial charge in [0.1, 0.15) is 0 Å². The number of nitrogens with two attached hydrogens (primary N) is 1. The van der Waals surface area contributed by atoms with Crippen molar-refractivity contribution in [1.29, 1.82) is 0 Å². The molecule has 52 valence electrons. The Kier molecular flexibility index (Phi) is 3.87. The molecule has 2 amide bonds. The molecular formula is C4H9N3OS. The molecule has 5 heteroatoms. The average Bonchev–Trinajstić information content (AvgIpc) is 1.83. The molecule has 0 saturated carbocycles. The number of carbonyl (C=O) groups excluding carboxylic acids is 1. The zero-order valence-corrected chi connectivity index (χ0v) is 5.98. The van der Waals surface area contributed by atoms with Crippen LogP contribution in [0.5, 0.6) is 0 Å². The maximum atomic E-state index is 10.00. The first-order valence-corrected chi connectivity index (χ1v) is 2.99. The van der Waals surface area contributed by atoms with E-state index in [2.05, 4.69) is 23.2 Å². The minimum Gasteiger partial charge on any atom is -0.350 e. The van der Waals surface area contributed by atoms with Gasteiger partial charge in [0.15, 0.2) is 0 Å². The lowest BCUT2D eigenvalue weighted by molar-refractivity contribution is 0.249. The molecule has 0 rings (SSSR count). The van der Waals surface area contributed by atoms with E-state index in [0.717, 1.165) is 5.71 Å². The Labute approximate surface area is 58.9 Å². The number of carbonyl (C=O) groups is 1. The van der Waals surface area contributed by atoms with Crippen molar-refractivity contribution < 1.29 is 4.79 Å². The minimum atomic E-state index is -0.656. The number of nitrogens with zero attached hydrogens (tertiary/aromatic N) is 1. The van der Waals surface area contributed by atoms with Gasteiger partial charge in [-0.25, -0.2) is 10.2 Å². The fourth-order valence-corrected chi connectivity index (χ4v) is 0.257. The SMILES string of the molecule is CC(CS)=NNC(N)=O. The van der Waals surface area contributed by atoms with Gasteiger partial charge in [0.25, 0.3) is 0 Å². The van der Waals surface area contributed by atoms with Gasteiger partial charge >= 0.3 is 6.03 Å². The molecule has 0 fully saturated rings. The molecule has 0 radical (unpaired) electrons. The van der Waals surface area contributed by atoms with Gasteiger partial charge in [-0.05, 0) is 6.92 Å². The topological polar surface area (TPSA) is 67.5 Å². The van der Waals surface area contributed by atoms with Crippen LogP contribution in [0.15, 0.2) is 5.10 Å². The van der Waals surface area contributed by atoms with Gasteiger partial charge in [-0.2, -0.15) is 17.7 Å². The van der Waals surface area contributed by atoms with Crippen LogP contribution in [-0.2, 0) is 0 Å². The van der Waals surface area contributed by atoms with Crippen LogP contribution in [0.1, 0.15) is 6.92 Å². The summed E-state index contributed by atoms with van der Waals surface area (Å²) in [7, 11) is 0. The first-order chi connectivity index (χ1) is 4.16. The van der Waals surface area contributed by atoms with Crippen molar-refractivity contribution in [2.45, 2.75) is 6.92 Å². The Bertz CT molecular complexity index is 134. The number of amides is 2.